The fourth-order valence-corrected chi connectivity index (χ4v) is 4.31. The van der Waals surface area contributed by atoms with Crippen LogP contribution in [0.5, 0.6) is 17.2 Å². The lowest BCUT2D eigenvalue weighted by Crippen LogP contribution is -2.26. The summed E-state index contributed by atoms with van der Waals surface area (Å²) in [4.78, 5) is 24.7. The summed E-state index contributed by atoms with van der Waals surface area (Å²) in [5.41, 5.74) is 2.06. The van der Waals surface area contributed by atoms with Crippen LogP contribution in [0.15, 0.2) is 59.6 Å². The molecule has 0 unspecified atom stereocenters. The van der Waals surface area contributed by atoms with Gasteiger partial charge in [0.1, 0.15) is 10.8 Å². The summed E-state index contributed by atoms with van der Waals surface area (Å²) >= 11 is 1.32. The number of nitrogens with one attached hydrogen (secondary N) is 2. The molecular formula is C25H24N6O5S. The van der Waals surface area contributed by atoms with Gasteiger partial charge < -0.3 is 24.8 Å². The van der Waals surface area contributed by atoms with Crippen LogP contribution in [0.4, 0.5) is 0 Å². The Balaban J connectivity index is 1.11. The number of carbonyl (C=O) groups is 2. The molecule has 0 saturated carbocycles. The fourth-order valence-electron chi connectivity index (χ4n) is 3.62. The molecule has 2 aromatic heterocycles. The van der Waals surface area contributed by atoms with Crippen molar-refractivity contribution in [2.75, 3.05) is 26.2 Å². The monoisotopic (exact) mass is 520 g/mol. The summed E-state index contributed by atoms with van der Waals surface area (Å²) in [7, 11) is 1.58. The Morgan fingerprint density at radius 2 is 1.86 bits per heavy atom. The molecule has 0 radical (unpaired) electrons. The Labute approximate surface area is 216 Å². The summed E-state index contributed by atoms with van der Waals surface area (Å²) in [5, 5.41) is 19.3. The number of amides is 2. The number of rotatable bonds is 10. The normalized spacial score (nSPS) is 11.9. The van der Waals surface area contributed by atoms with Gasteiger partial charge in [-0.3, -0.25) is 9.59 Å². The lowest BCUT2D eigenvalue weighted by molar-refractivity contribution is -0.118. The Kier molecular flexibility index (Phi) is 7.36. The molecule has 190 valence electrons. The quantitative estimate of drug-likeness (QED) is 0.303. The number of thioether (sulfide) groups is 1. The maximum Gasteiger partial charge on any atom is 0.251 e. The van der Waals surface area contributed by atoms with Crippen LogP contribution in [-0.2, 0) is 17.8 Å². The van der Waals surface area contributed by atoms with Crippen LogP contribution < -0.4 is 24.8 Å². The highest BCUT2D eigenvalue weighted by Crippen LogP contribution is 2.32. The van der Waals surface area contributed by atoms with Crippen molar-refractivity contribution in [2.24, 2.45) is 0 Å². The maximum atomic E-state index is 12.4. The lowest BCUT2D eigenvalue weighted by atomic mass is 10.2. The Morgan fingerprint density at radius 1 is 1.03 bits per heavy atom. The highest BCUT2D eigenvalue weighted by Gasteiger charge is 2.14. The molecule has 0 saturated heterocycles. The van der Waals surface area contributed by atoms with Gasteiger partial charge in [-0.05, 0) is 54.1 Å². The first-order valence-corrected chi connectivity index (χ1v) is 12.5. The van der Waals surface area contributed by atoms with Gasteiger partial charge in [0.05, 0.1) is 12.9 Å². The van der Waals surface area contributed by atoms with Gasteiger partial charge in [0.15, 0.2) is 23.0 Å². The Hall–Kier alpha value is -4.32. The number of hydrogen-bond donors (Lipinski definition) is 2. The van der Waals surface area contributed by atoms with Crippen LogP contribution in [0.25, 0.3) is 5.65 Å². The summed E-state index contributed by atoms with van der Waals surface area (Å²) in [6.45, 7) is 0.971. The van der Waals surface area contributed by atoms with Gasteiger partial charge >= 0.3 is 0 Å². The molecule has 0 aliphatic carbocycles. The summed E-state index contributed by atoms with van der Waals surface area (Å²) < 4.78 is 17.4. The van der Waals surface area contributed by atoms with Gasteiger partial charge in [0, 0.05) is 25.1 Å². The van der Waals surface area contributed by atoms with Crippen molar-refractivity contribution in [1.29, 1.82) is 0 Å². The predicted molar refractivity (Wildman–Crippen MR) is 135 cm³/mol. The van der Waals surface area contributed by atoms with E-state index in [0.29, 0.717) is 58.8 Å². The number of aromatic nitrogens is 4. The van der Waals surface area contributed by atoms with E-state index in [1.165, 1.54) is 11.8 Å². The second kappa shape index (κ2) is 11.2. The molecule has 1 aliphatic heterocycles. The van der Waals surface area contributed by atoms with Gasteiger partial charge in [-0.15, -0.1) is 10.2 Å². The van der Waals surface area contributed by atoms with Crippen LogP contribution in [0, 0.1) is 0 Å². The summed E-state index contributed by atoms with van der Waals surface area (Å²) in [6.07, 6.45) is 0.445. The molecule has 2 aromatic carbocycles. The van der Waals surface area contributed by atoms with Crippen molar-refractivity contribution in [1.82, 2.24) is 30.4 Å². The van der Waals surface area contributed by atoms with Gasteiger partial charge in [0.2, 0.25) is 12.7 Å². The SMILES string of the molecule is COc1ccc(C(=O)NCCc2nnc3ccc(SCC(=O)NCc4ccc5c(c4)OCO5)nn23)cc1. The molecule has 0 fully saturated rings. The first-order chi connectivity index (χ1) is 18.1. The third kappa shape index (κ3) is 5.92. The molecule has 37 heavy (non-hydrogen) atoms. The van der Waals surface area contributed by atoms with Crippen molar-refractivity contribution in [3.05, 3.63) is 71.5 Å². The van der Waals surface area contributed by atoms with Crippen LogP contribution in [-0.4, -0.2) is 57.8 Å². The number of carbonyl (C=O) groups excluding carboxylic acids is 2. The minimum absolute atomic E-state index is 0.116. The van der Waals surface area contributed by atoms with Crippen molar-refractivity contribution >= 4 is 29.2 Å². The van der Waals surface area contributed by atoms with Crippen LogP contribution >= 0.6 is 11.8 Å². The Morgan fingerprint density at radius 3 is 2.70 bits per heavy atom. The van der Waals surface area contributed by atoms with Crippen molar-refractivity contribution in [3.8, 4) is 17.2 Å². The number of methoxy groups -OCH3 is 1. The maximum absolute atomic E-state index is 12.4. The molecule has 3 heterocycles. The molecule has 0 bridgehead atoms. The van der Waals surface area contributed by atoms with Gasteiger partial charge in [-0.1, -0.05) is 17.8 Å². The zero-order chi connectivity index (χ0) is 25.6. The molecule has 12 heteroatoms. The molecule has 0 spiro atoms. The standard InChI is InChI=1S/C25H24N6O5S/c1-34-18-5-3-17(4-6-18)25(33)26-11-10-22-29-28-21-8-9-24(30-31(21)22)37-14-23(32)27-13-16-2-7-19-20(12-16)36-15-35-19/h2-9,12H,10-11,13-15H2,1H3,(H,26,33)(H,27,32). The van der Waals surface area contributed by atoms with Crippen molar-refractivity contribution in [2.45, 2.75) is 18.0 Å². The van der Waals surface area contributed by atoms with E-state index in [9.17, 15) is 9.59 Å². The zero-order valence-electron chi connectivity index (χ0n) is 20.0. The average Bonchev–Trinajstić information content (AvgIpc) is 3.57. The minimum Gasteiger partial charge on any atom is -0.497 e. The summed E-state index contributed by atoms with van der Waals surface area (Å²) in [6, 6.07) is 16.1. The Bertz CT molecular complexity index is 1430. The second-order valence-electron chi connectivity index (χ2n) is 8.05. The largest absolute Gasteiger partial charge is 0.497 e. The smallest absolute Gasteiger partial charge is 0.251 e. The van der Waals surface area contributed by atoms with Crippen molar-refractivity contribution < 1.29 is 23.8 Å². The van der Waals surface area contributed by atoms with E-state index in [1.54, 1.807) is 48.0 Å². The third-order valence-corrected chi connectivity index (χ3v) is 6.49. The number of hydrogen-bond acceptors (Lipinski definition) is 9. The van der Waals surface area contributed by atoms with E-state index >= 15 is 0 Å². The van der Waals surface area contributed by atoms with Crippen LogP contribution in [0.3, 0.4) is 0 Å². The predicted octanol–water partition coefficient (Wildman–Crippen LogP) is 2.24. The first-order valence-electron chi connectivity index (χ1n) is 11.5. The van der Waals surface area contributed by atoms with E-state index in [1.807, 2.05) is 18.2 Å². The van der Waals surface area contributed by atoms with E-state index in [2.05, 4.69) is 25.9 Å². The zero-order valence-corrected chi connectivity index (χ0v) is 20.8. The van der Waals surface area contributed by atoms with Crippen LogP contribution in [0.2, 0.25) is 0 Å². The highest BCUT2D eigenvalue weighted by atomic mass is 32.2. The molecule has 5 rings (SSSR count). The molecular weight excluding hydrogens is 496 g/mol. The third-order valence-electron chi connectivity index (χ3n) is 5.57. The highest BCUT2D eigenvalue weighted by molar-refractivity contribution is 7.99. The second-order valence-corrected chi connectivity index (χ2v) is 9.04. The van der Waals surface area contributed by atoms with E-state index in [-0.39, 0.29) is 24.4 Å². The van der Waals surface area contributed by atoms with Crippen LogP contribution in [0.1, 0.15) is 21.7 Å². The van der Waals surface area contributed by atoms with Gasteiger partial charge in [0.25, 0.3) is 5.91 Å². The van der Waals surface area contributed by atoms with E-state index in [4.69, 9.17) is 14.2 Å². The topological polar surface area (TPSA) is 129 Å². The number of fused-ring (bicyclic) bond motifs is 2. The summed E-state index contributed by atoms with van der Waals surface area (Å²) in [5.74, 6) is 2.59. The minimum atomic E-state index is -0.188. The van der Waals surface area contributed by atoms with E-state index in [0.717, 1.165) is 5.56 Å². The average molecular weight is 521 g/mol. The molecule has 2 amide bonds. The lowest BCUT2D eigenvalue weighted by Gasteiger charge is -2.07. The van der Waals surface area contributed by atoms with Gasteiger partial charge in [-0.2, -0.15) is 9.61 Å². The molecule has 11 nitrogen and oxygen atoms in total. The number of benzene rings is 2. The fraction of sp³-hybridized carbons (Fsp3) is 0.240. The molecule has 2 N–H and O–H groups in total. The van der Waals surface area contributed by atoms with Crippen molar-refractivity contribution in [3.63, 3.8) is 0 Å². The molecule has 4 aromatic rings. The first kappa shape index (κ1) is 24.4. The van der Waals surface area contributed by atoms with E-state index < -0.39 is 0 Å². The number of ether oxygens (including phenoxy) is 3. The molecule has 1 aliphatic rings. The van der Waals surface area contributed by atoms with Gasteiger partial charge in [-0.25, -0.2) is 0 Å². The molecule has 0 atom stereocenters. The number of nitrogens with zero attached hydrogens (tertiary/aromatic N) is 4.